The third-order valence-corrected chi connectivity index (χ3v) is 7.38. The van der Waals surface area contributed by atoms with Crippen molar-refractivity contribution < 1.29 is 18.1 Å². The molecular weight excluding hydrogens is 504 g/mol. The second kappa shape index (κ2) is 11.6. The van der Waals surface area contributed by atoms with Crippen LogP contribution in [0, 0.1) is 10.1 Å². The first-order chi connectivity index (χ1) is 18.2. The van der Waals surface area contributed by atoms with E-state index in [0.29, 0.717) is 28.5 Å². The summed E-state index contributed by atoms with van der Waals surface area (Å²) in [5, 5.41) is 16.2. The Morgan fingerprint density at radius 1 is 0.947 bits per heavy atom. The Bertz CT molecular complexity index is 1590. The van der Waals surface area contributed by atoms with E-state index < -0.39 is 20.9 Å². The maximum atomic E-state index is 12.8. The van der Waals surface area contributed by atoms with Crippen molar-refractivity contribution in [3.8, 4) is 0 Å². The summed E-state index contributed by atoms with van der Waals surface area (Å²) in [5.74, 6) is -0.447. The lowest BCUT2D eigenvalue weighted by molar-refractivity contribution is -0.384. The van der Waals surface area contributed by atoms with E-state index in [1.54, 1.807) is 30.3 Å². The van der Waals surface area contributed by atoms with E-state index in [9.17, 15) is 23.3 Å². The summed E-state index contributed by atoms with van der Waals surface area (Å²) in [6, 6.07) is 18.6. The predicted octanol–water partition coefficient (Wildman–Crippen LogP) is 6.69. The van der Waals surface area contributed by atoms with Gasteiger partial charge in [-0.25, -0.2) is 17.7 Å². The van der Waals surface area contributed by atoms with Crippen LogP contribution in [0.25, 0.3) is 21.8 Å². The number of anilines is 3. The monoisotopic (exact) mass is 534 g/mol. The van der Waals surface area contributed by atoms with Crippen molar-refractivity contribution in [2.45, 2.75) is 45.4 Å². The molecule has 0 aliphatic heterocycles. The van der Waals surface area contributed by atoms with Crippen molar-refractivity contribution in [1.82, 2.24) is 4.98 Å². The highest BCUT2D eigenvalue weighted by molar-refractivity contribution is 7.92. The molecule has 0 aliphatic carbocycles. The molecule has 10 heteroatoms. The Balaban J connectivity index is 1.64. The number of nitrogens with zero attached hydrogens (tertiary/aromatic N) is 3. The minimum atomic E-state index is -3.80. The zero-order valence-corrected chi connectivity index (χ0v) is 22.2. The molecule has 0 bridgehead atoms. The number of para-hydroxylation sites is 1. The number of hydrogen-bond donors (Lipinski definition) is 1. The van der Waals surface area contributed by atoms with Gasteiger partial charge in [-0.15, -0.1) is 0 Å². The summed E-state index contributed by atoms with van der Waals surface area (Å²) in [7, 11) is -3.80. The summed E-state index contributed by atoms with van der Waals surface area (Å²) in [5.41, 5.74) is 2.75. The summed E-state index contributed by atoms with van der Waals surface area (Å²) >= 11 is 0. The average molecular weight is 535 g/mol. The maximum Gasteiger partial charge on any atom is 0.271 e. The molecule has 0 aliphatic rings. The van der Waals surface area contributed by atoms with Crippen LogP contribution in [0.1, 0.15) is 45.4 Å². The van der Waals surface area contributed by atoms with Crippen LogP contribution >= 0.6 is 0 Å². The number of nitrogens with one attached hydrogen (secondary N) is 1. The number of carbonyl (C=O) groups is 1. The Morgan fingerprint density at radius 3 is 2.32 bits per heavy atom. The molecule has 1 amide bonds. The van der Waals surface area contributed by atoms with Crippen molar-refractivity contribution in [2.24, 2.45) is 0 Å². The van der Waals surface area contributed by atoms with Crippen molar-refractivity contribution >= 4 is 60.5 Å². The highest BCUT2D eigenvalue weighted by atomic mass is 32.2. The van der Waals surface area contributed by atoms with E-state index in [2.05, 4.69) is 17.2 Å². The molecule has 0 fully saturated rings. The van der Waals surface area contributed by atoms with E-state index in [0.717, 1.165) is 47.3 Å². The van der Waals surface area contributed by atoms with Crippen LogP contribution < -0.4 is 9.62 Å². The normalized spacial score (nSPS) is 11.5. The van der Waals surface area contributed by atoms with Gasteiger partial charge in [0.2, 0.25) is 15.9 Å². The molecule has 1 aromatic heterocycles. The predicted molar refractivity (Wildman–Crippen MR) is 151 cm³/mol. The minimum absolute atomic E-state index is 0.0496. The Hall–Kier alpha value is -4.05. The fourth-order valence-electron chi connectivity index (χ4n) is 4.46. The third kappa shape index (κ3) is 6.08. The van der Waals surface area contributed by atoms with Crippen LogP contribution in [0.3, 0.4) is 0 Å². The van der Waals surface area contributed by atoms with E-state index in [1.807, 2.05) is 24.3 Å². The fourth-order valence-corrected chi connectivity index (χ4v) is 5.42. The van der Waals surface area contributed by atoms with Crippen molar-refractivity contribution in [2.75, 3.05) is 15.9 Å². The van der Waals surface area contributed by atoms with Crippen molar-refractivity contribution in [3.63, 3.8) is 0 Å². The van der Waals surface area contributed by atoms with Crippen LogP contribution in [0.2, 0.25) is 0 Å². The molecule has 38 heavy (non-hydrogen) atoms. The average Bonchev–Trinajstić information content (AvgIpc) is 2.88. The second-order valence-electron chi connectivity index (χ2n) is 9.22. The second-order valence-corrected chi connectivity index (χ2v) is 11.1. The maximum absolute atomic E-state index is 12.8. The number of benzene rings is 3. The number of pyridine rings is 1. The smallest absolute Gasteiger partial charge is 0.271 e. The van der Waals surface area contributed by atoms with Gasteiger partial charge in [0.15, 0.2) is 0 Å². The summed E-state index contributed by atoms with van der Waals surface area (Å²) in [6.07, 6.45) is 5.93. The van der Waals surface area contributed by atoms with Gasteiger partial charge in [-0.3, -0.25) is 14.9 Å². The summed E-state index contributed by atoms with van der Waals surface area (Å²) in [4.78, 5) is 28.3. The van der Waals surface area contributed by atoms with E-state index in [1.165, 1.54) is 12.1 Å². The van der Waals surface area contributed by atoms with Crippen molar-refractivity contribution in [1.29, 1.82) is 0 Å². The Labute approximate surface area is 221 Å². The van der Waals surface area contributed by atoms with Gasteiger partial charge in [0, 0.05) is 35.0 Å². The topological polar surface area (TPSA) is 123 Å². The molecule has 198 valence electrons. The van der Waals surface area contributed by atoms with Gasteiger partial charge in [-0.2, -0.15) is 0 Å². The van der Waals surface area contributed by atoms with Crippen molar-refractivity contribution in [3.05, 3.63) is 76.8 Å². The molecule has 4 aromatic rings. The molecule has 9 nitrogen and oxygen atoms in total. The zero-order valence-electron chi connectivity index (χ0n) is 21.4. The Morgan fingerprint density at radius 2 is 1.63 bits per heavy atom. The van der Waals surface area contributed by atoms with Gasteiger partial charge in [0.1, 0.15) is 0 Å². The zero-order chi connectivity index (χ0) is 27.3. The number of rotatable bonds is 11. The summed E-state index contributed by atoms with van der Waals surface area (Å²) < 4.78 is 25.8. The van der Waals surface area contributed by atoms with Gasteiger partial charge < -0.3 is 5.32 Å². The number of aromatic nitrogens is 1. The number of hydrogen-bond acceptors (Lipinski definition) is 7. The van der Waals surface area contributed by atoms with Gasteiger partial charge in [0.25, 0.3) is 5.69 Å². The van der Waals surface area contributed by atoms with Crippen LogP contribution in [-0.2, 0) is 14.8 Å². The molecule has 4 rings (SSSR count). The number of amides is 1. The molecule has 0 radical (unpaired) electrons. The molecular formula is C28H30N4O5S. The molecule has 0 unspecified atom stereocenters. The molecule has 0 saturated heterocycles. The lowest BCUT2D eigenvalue weighted by Crippen LogP contribution is -2.36. The fraction of sp³-hybridized carbons (Fsp3) is 0.286. The lowest BCUT2D eigenvalue weighted by atomic mass is 10.1. The minimum Gasteiger partial charge on any atom is -0.354 e. The molecule has 0 spiro atoms. The largest absolute Gasteiger partial charge is 0.354 e. The number of carbonyl (C=O) groups excluding carboxylic acids is 1. The number of non-ortho nitro benzene ring substituents is 1. The molecule has 1 N–H and O–H groups in total. The van der Waals surface area contributed by atoms with Crippen LogP contribution in [0.4, 0.5) is 22.7 Å². The van der Waals surface area contributed by atoms with Gasteiger partial charge >= 0.3 is 0 Å². The Kier molecular flexibility index (Phi) is 8.21. The molecule has 3 aromatic carbocycles. The van der Waals surface area contributed by atoms with Gasteiger partial charge in [-0.05, 0) is 42.8 Å². The number of unbranched alkanes of at least 4 members (excludes halogenated alkanes) is 4. The first-order valence-corrected chi connectivity index (χ1v) is 14.4. The van der Waals surface area contributed by atoms with Crippen LogP contribution in [-0.4, -0.2) is 30.5 Å². The number of nitro groups is 1. The van der Waals surface area contributed by atoms with E-state index in [-0.39, 0.29) is 17.8 Å². The third-order valence-electron chi connectivity index (χ3n) is 6.30. The highest BCUT2D eigenvalue weighted by Crippen LogP contribution is 2.35. The quantitative estimate of drug-likeness (QED) is 0.0984. The number of fused-ring (bicyclic) bond motifs is 2. The van der Waals surface area contributed by atoms with Crippen LogP contribution in [0.15, 0.2) is 66.7 Å². The lowest BCUT2D eigenvalue weighted by Gasteiger charge is -2.21. The number of nitro benzene ring substituents is 1. The van der Waals surface area contributed by atoms with Gasteiger partial charge in [-0.1, -0.05) is 50.8 Å². The standard InChI is InChI=1S/C28H30N4O5S/c1-3-4-5-6-7-12-27(33)31(38(2,36)37)21-15-13-20(14-16-21)29-28-23-10-8-9-11-25(23)30-26-19-22(32(34)35)17-18-24(26)28/h8-11,13-19H,3-7,12H2,1-2H3,(H,29,30). The first-order valence-electron chi connectivity index (χ1n) is 12.6. The molecule has 0 atom stereocenters. The van der Waals surface area contributed by atoms with E-state index >= 15 is 0 Å². The first kappa shape index (κ1) is 27.0. The number of sulfonamides is 1. The SMILES string of the molecule is CCCCCCCC(=O)N(c1ccc(Nc2c3ccccc3nc3cc([N+](=O)[O-])ccc23)cc1)S(C)(=O)=O. The summed E-state index contributed by atoms with van der Waals surface area (Å²) in [6.45, 7) is 2.11. The molecule has 0 saturated carbocycles. The molecule has 1 heterocycles. The van der Waals surface area contributed by atoms with Gasteiger partial charge in [0.05, 0.1) is 33.6 Å². The highest BCUT2D eigenvalue weighted by Gasteiger charge is 2.25. The van der Waals surface area contributed by atoms with Crippen LogP contribution in [0.5, 0.6) is 0 Å². The van der Waals surface area contributed by atoms with E-state index in [4.69, 9.17) is 0 Å².